The third-order valence-electron chi connectivity index (χ3n) is 2.65. The highest BCUT2D eigenvalue weighted by Crippen LogP contribution is 2.18. The molecule has 0 aliphatic carbocycles. The molecule has 1 N–H and O–H groups in total. The van der Waals surface area contributed by atoms with Gasteiger partial charge in [-0.25, -0.2) is 0 Å². The van der Waals surface area contributed by atoms with Crippen LogP contribution in [0.25, 0.3) is 0 Å². The third-order valence-corrected chi connectivity index (χ3v) is 3.49. The van der Waals surface area contributed by atoms with Gasteiger partial charge in [0.25, 0.3) is 0 Å². The molecule has 2 nitrogen and oxygen atoms in total. The first-order valence-electron chi connectivity index (χ1n) is 6.53. The molecule has 0 fully saturated rings. The lowest BCUT2D eigenvalue weighted by atomic mass is 10.2. The van der Waals surface area contributed by atoms with Crippen molar-refractivity contribution in [2.24, 2.45) is 0 Å². The van der Waals surface area contributed by atoms with Crippen molar-refractivity contribution in [1.29, 1.82) is 0 Å². The average molecular weight is 286 g/mol. The topological polar surface area (TPSA) is 29.5 Å². The highest BCUT2D eigenvalue weighted by Gasteiger charge is 1.99. The van der Waals surface area contributed by atoms with E-state index < -0.39 is 6.10 Å². The highest BCUT2D eigenvalue weighted by molar-refractivity contribution is 8.02. The van der Waals surface area contributed by atoms with Crippen molar-refractivity contribution in [1.82, 2.24) is 0 Å². The van der Waals surface area contributed by atoms with Crippen LogP contribution in [-0.2, 0) is 11.3 Å². The van der Waals surface area contributed by atoms with Crippen LogP contribution in [0.15, 0.2) is 77.0 Å². The largest absolute Gasteiger partial charge is 0.387 e. The molecule has 0 saturated carbocycles. The van der Waals surface area contributed by atoms with Crippen molar-refractivity contribution in [2.45, 2.75) is 17.6 Å². The van der Waals surface area contributed by atoms with E-state index in [1.54, 1.807) is 17.8 Å². The van der Waals surface area contributed by atoms with E-state index in [1.165, 1.54) is 0 Å². The minimum Gasteiger partial charge on any atom is -0.387 e. The van der Waals surface area contributed by atoms with E-state index >= 15 is 0 Å². The van der Waals surface area contributed by atoms with E-state index in [-0.39, 0.29) is 0 Å². The van der Waals surface area contributed by atoms with Crippen molar-refractivity contribution >= 4 is 11.8 Å². The number of aliphatic hydroxyl groups excluding tert-OH is 1. The summed E-state index contributed by atoms with van der Waals surface area (Å²) in [6.45, 7) is 0.832. The van der Waals surface area contributed by atoms with Crippen LogP contribution in [0.4, 0.5) is 0 Å². The zero-order valence-electron chi connectivity index (χ0n) is 11.2. The fourth-order valence-corrected chi connectivity index (χ4v) is 2.37. The standard InChI is InChI=1S/C17H18O2S/c18-16(11-12-20-17-9-5-2-6-10-17)14-19-13-15-7-3-1-4-8-15/h1-12,16,18H,13-14H2/b12-11+/t16-/m1/s1. The predicted octanol–water partition coefficient (Wildman–Crippen LogP) is 3.87. The van der Waals surface area contributed by atoms with Crippen molar-refractivity contribution in [3.8, 4) is 0 Å². The van der Waals surface area contributed by atoms with Crippen LogP contribution >= 0.6 is 11.8 Å². The van der Waals surface area contributed by atoms with E-state index in [4.69, 9.17) is 4.74 Å². The van der Waals surface area contributed by atoms with Gasteiger partial charge in [0, 0.05) is 4.90 Å². The summed E-state index contributed by atoms with van der Waals surface area (Å²) in [4.78, 5) is 1.15. The van der Waals surface area contributed by atoms with Crippen molar-refractivity contribution in [3.63, 3.8) is 0 Å². The van der Waals surface area contributed by atoms with Gasteiger partial charge in [-0.2, -0.15) is 0 Å². The third kappa shape index (κ3) is 5.61. The van der Waals surface area contributed by atoms with Crippen molar-refractivity contribution in [2.75, 3.05) is 6.61 Å². The Morgan fingerprint density at radius 3 is 2.35 bits per heavy atom. The highest BCUT2D eigenvalue weighted by atomic mass is 32.2. The number of rotatable bonds is 7. The molecule has 0 aromatic heterocycles. The molecule has 2 rings (SSSR count). The van der Waals surface area contributed by atoms with Gasteiger partial charge >= 0.3 is 0 Å². The van der Waals surface area contributed by atoms with Gasteiger partial charge in [-0.3, -0.25) is 0 Å². The lowest BCUT2D eigenvalue weighted by Crippen LogP contribution is -2.11. The Bertz CT molecular complexity index is 511. The van der Waals surface area contributed by atoms with Gasteiger partial charge in [-0.05, 0) is 29.2 Å². The van der Waals surface area contributed by atoms with Gasteiger partial charge in [0.2, 0.25) is 0 Å². The maximum atomic E-state index is 9.78. The normalized spacial score (nSPS) is 12.7. The number of benzene rings is 2. The van der Waals surface area contributed by atoms with Gasteiger partial charge in [0.15, 0.2) is 0 Å². The quantitative estimate of drug-likeness (QED) is 0.784. The summed E-state index contributed by atoms with van der Waals surface area (Å²) in [5.41, 5.74) is 1.11. The molecule has 0 spiro atoms. The van der Waals surface area contributed by atoms with Crippen LogP contribution in [0, 0.1) is 0 Å². The summed E-state index contributed by atoms with van der Waals surface area (Å²) in [5.74, 6) is 0. The van der Waals surface area contributed by atoms with Crippen LogP contribution in [0.3, 0.4) is 0 Å². The molecule has 20 heavy (non-hydrogen) atoms. The van der Waals surface area contributed by atoms with Crippen molar-refractivity contribution < 1.29 is 9.84 Å². The van der Waals surface area contributed by atoms with Crippen LogP contribution < -0.4 is 0 Å². The second-order valence-corrected chi connectivity index (χ2v) is 5.31. The minimum atomic E-state index is -0.574. The van der Waals surface area contributed by atoms with E-state index in [1.807, 2.05) is 66.1 Å². The molecule has 0 amide bonds. The first kappa shape index (κ1) is 14.9. The number of aliphatic hydroxyl groups is 1. The molecule has 0 heterocycles. The maximum absolute atomic E-state index is 9.78. The number of ether oxygens (including phenoxy) is 1. The summed E-state index contributed by atoms with van der Waals surface area (Å²) in [6, 6.07) is 20.0. The smallest absolute Gasteiger partial charge is 0.0962 e. The zero-order chi connectivity index (χ0) is 14.0. The molecular formula is C17H18O2S. The van der Waals surface area contributed by atoms with Crippen molar-refractivity contribution in [3.05, 3.63) is 77.7 Å². The van der Waals surface area contributed by atoms with Crippen LogP contribution in [0.2, 0.25) is 0 Å². The molecule has 0 radical (unpaired) electrons. The van der Waals surface area contributed by atoms with Crippen LogP contribution in [0.1, 0.15) is 5.56 Å². The summed E-state index contributed by atoms with van der Waals surface area (Å²) in [6.07, 6.45) is 1.18. The monoisotopic (exact) mass is 286 g/mol. The molecule has 104 valence electrons. The molecule has 0 unspecified atom stereocenters. The molecule has 0 aliphatic rings. The van der Waals surface area contributed by atoms with E-state index in [9.17, 15) is 5.11 Å². The van der Waals surface area contributed by atoms with Crippen LogP contribution in [-0.4, -0.2) is 17.8 Å². The Morgan fingerprint density at radius 2 is 1.65 bits per heavy atom. The van der Waals surface area contributed by atoms with Crippen LogP contribution in [0.5, 0.6) is 0 Å². The second-order valence-electron chi connectivity index (χ2n) is 4.33. The average Bonchev–Trinajstić information content (AvgIpc) is 2.49. The van der Waals surface area contributed by atoms with E-state index in [0.717, 1.165) is 10.5 Å². The summed E-state index contributed by atoms with van der Waals surface area (Å²) in [5, 5.41) is 11.7. The van der Waals surface area contributed by atoms with E-state index in [0.29, 0.717) is 13.2 Å². The molecule has 0 bridgehead atoms. The number of thioether (sulfide) groups is 1. The first-order valence-corrected chi connectivity index (χ1v) is 7.40. The summed E-state index contributed by atoms with van der Waals surface area (Å²) < 4.78 is 5.47. The Balaban J connectivity index is 1.66. The fraction of sp³-hybridized carbons (Fsp3) is 0.176. The molecular weight excluding hydrogens is 268 g/mol. The zero-order valence-corrected chi connectivity index (χ0v) is 12.0. The van der Waals surface area contributed by atoms with Gasteiger partial charge in [0.1, 0.15) is 0 Å². The SMILES string of the molecule is O[C@H](/C=C/Sc1ccccc1)COCc1ccccc1. The molecule has 0 aliphatic heterocycles. The first-order chi connectivity index (χ1) is 9.84. The van der Waals surface area contributed by atoms with Gasteiger partial charge in [-0.1, -0.05) is 60.3 Å². The molecule has 2 aromatic rings. The van der Waals surface area contributed by atoms with Gasteiger partial charge < -0.3 is 9.84 Å². The number of hydrogen-bond acceptors (Lipinski definition) is 3. The van der Waals surface area contributed by atoms with E-state index in [2.05, 4.69) is 0 Å². The summed E-state index contributed by atoms with van der Waals surface area (Å²) in [7, 11) is 0. The fourth-order valence-electron chi connectivity index (χ4n) is 1.63. The Kier molecular flexibility index (Phi) is 6.38. The lowest BCUT2D eigenvalue weighted by molar-refractivity contribution is 0.0504. The minimum absolute atomic E-state index is 0.306. The molecule has 1 atom stereocenters. The maximum Gasteiger partial charge on any atom is 0.0962 e. The summed E-state index contributed by atoms with van der Waals surface area (Å²) >= 11 is 1.58. The number of hydrogen-bond donors (Lipinski definition) is 1. The van der Waals surface area contributed by atoms with Gasteiger partial charge in [0.05, 0.1) is 19.3 Å². The molecule has 2 aromatic carbocycles. The van der Waals surface area contributed by atoms with Gasteiger partial charge in [-0.15, -0.1) is 0 Å². The lowest BCUT2D eigenvalue weighted by Gasteiger charge is -2.07. The molecule has 3 heteroatoms. The second kappa shape index (κ2) is 8.59. The Morgan fingerprint density at radius 1 is 1.00 bits per heavy atom. The Hall–Kier alpha value is -1.55. The predicted molar refractivity (Wildman–Crippen MR) is 83.5 cm³/mol. The Labute approximate surface area is 124 Å². The molecule has 0 saturated heterocycles.